The van der Waals surface area contributed by atoms with Crippen molar-refractivity contribution in [2.45, 2.75) is 30.7 Å². The first kappa shape index (κ1) is 19.9. The highest BCUT2D eigenvalue weighted by molar-refractivity contribution is 7.81. The molecule has 2 aromatic rings. The molecule has 0 radical (unpaired) electrons. The number of carboxylic acid groups (broad SMARTS) is 1. The number of nitrogens with zero attached hydrogens (tertiary/aromatic N) is 1. The summed E-state index contributed by atoms with van der Waals surface area (Å²) in [6, 6.07) is 16.2. The lowest BCUT2D eigenvalue weighted by Crippen LogP contribution is -2.51. The molecule has 0 bridgehead atoms. The molecule has 1 heterocycles. The Morgan fingerprint density at radius 1 is 1.11 bits per heavy atom. The van der Waals surface area contributed by atoms with E-state index < -0.39 is 29.7 Å². The van der Waals surface area contributed by atoms with Crippen molar-refractivity contribution in [2.24, 2.45) is 0 Å². The first-order valence-corrected chi connectivity index (χ1v) is 9.55. The first-order chi connectivity index (χ1) is 13.4. The fraction of sp³-hybridized carbons (Fsp3) is 0.286. The van der Waals surface area contributed by atoms with Crippen molar-refractivity contribution in [3.63, 3.8) is 0 Å². The van der Waals surface area contributed by atoms with E-state index in [0.29, 0.717) is 12.8 Å². The maximum atomic E-state index is 12.9. The van der Waals surface area contributed by atoms with Crippen molar-refractivity contribution in [1.29, 1.82) is 0 Å². The Balaban J connectivity index is 1.76. The number of carbonyl (C=O) groups excluding carboxylic acids is 2. The van der Waals surface area contributed by atoms with E-state index in [1.807, 2.05) is 54.6 Å². The van der Waals surface area contributed by atoms with E-state index >= 15 is 0 Å². The molecule has 0 fully saturated rings. The molecule has 0 spiro atoms. The summed E-state index contributed by atoms with van der Waals surface area (Å²) in [5.41, 5.74) is 2.79. The van der Waals surface area contributed by atoms with E-state index in [-0.39, 0.29) is 12.5 Å². The van der Waals surface area contributed by atoms with E-state index in [1.54, 1.807) is 0 Å². The molecule has 0 saturated heterocycles. The molecule has 2 N–H and O–H groups in total. The van der Waals surface area contributed by atoms with Crippen LogP contribution in [0.2, 0.25) is 0 Å². The van der Waals surface area contributed by atoms with Crippen LogP contribution in [0.4, 0.5) is 0 Å². The lowest BCUT2D eigenvalue weighted by molar-refractivity contribution is -0.146. The van der Waals surface area contributed by atoms with Gasteiger partial charge in [0.05, 0.1) is 5.25 Å². The average molecular weight is 398 g/mol. The number of benzene rings is 2. The van der Waals surface area contributed by atoms with Crippen molar-refractivity contribution in [2.75, 3.05) is 6.54 Å². The maximum absolute atomic E-state index is 12.9. The molecule has 28 heavy (non-hydrogen) atoms. The number of carbonyl (C=O) groups is 3. The predicted octanol–water partition coefficient (Wildman–Crippen LogP) is 1.68. The fourth-order valence-corrected chi connectivity index (χ4v) is 3.62. The molecule has 2 aromatic carbocycles. The predicted molar refractivity (Wildman–Crippen MR) is 108 cm³/mol. The molecule has 1 aliphatic heterocycles. The molecular weight excluding hydrogens is 376 g/mol. The van der Waals surface area contributed by atoms with Crippen LogP contribution in [0.25, 0.3) is 0 Å². The number of nitrogens with one attached hydrogen (secondary N) is 1. The van der Waals surface area contributed by atoms with E-state index in [0.717, 1.165) is 16.7 Å². The number of fused-ring (bicyclic) bond motifs is 1. The zero-order chi connectivity index (χ0) is 20.1. The molecule has 0 aliphatic carbocycles. The van der Waals surface area contributed by atoms with Gasteiger partial charge >= 0.3 is 5.97 Å². The van der Waals surface area contributed by atoms with Crippen molar-refractivity contribution < 1.29 is 19.5 Å². The monoisotopic (exact) mass is 398 g/mol. The van der Waals surface area contributed by atoms with Crippen LogP contribution in [0.3, 0.4) is 0 Å². The summed E-state index contributed by atoms with van der Waals surface area (Å²) in [5, 5.41) is 11.3. The molecule has 1 unspecified atom stereocenters. The summed E-state index contributed by atoms with van der Waals surface area (Å²) in [5.74, 6) is -1.83. The van der Waals surface area contributed by atoms with Gasteiger partial charge in [-0.05, 0) is 23.1 Å². The Morgan fingerprint density at radius 3 is 2.43 bits per heavy atom. The van der Waals surface area contributed by atoms with Crippen molar-refractivity contribution in [3.8, 4) is 0 Å². The Bertz CT molecular complexity index is 872. The van der Waals surface area contributed by atoms with Gasteiger partial charge in [-0.3, -0.25) is 14.4 Å². The third-order valence-electron chi connectivity index (χ3n) is 4.73. The van der Waals surface area contributed by atoms with Crippen molar-refractivity contribution in [1.82, 2.24) is 10.2 Å². The molecule has 1 aliphatic rings. The second kappa shape index (κ2) is 8.93. The summed E-state index contributed by atoms with van der Waals surface area (Å²) in [4.78, 5) is 38.0. The van der Waals surface area contributed by atoms with E-state index in [4.69, 9.17) is 5.11 Å². The zero-order valence-electron chi connectivity index (χ0n) is 15.2. The van der Waals surface area contributed by atoms with Crippen LogP contribution in [-0.4, -0.2) is 45.6 Å². The van der Waals surface area contributed by atoms with Gasteiger partial charge in [0, 0.05) is 13.0 Å². The zero-order valence-corrected chi connectivity index (χ0v) is 16.1. The van der Waals surface area contributed by atoms with Gasteiger partial charge in [0.25, 0.3) is 0 Å². The van der Waals surface area contributed by atoms with Crippen LogP contribution in [0.5, 0.6) is 0 Å². The largest absolute Gasteiger partial charge is 0.480 e. The molecule has 146 valence electrons. The standard InChI is InChI=1S/C21H22N2O4S/c24-19(25)13-23-12-16-9-5-4-8-15(16)11-17(21(23)27)22-20(26)18(28)10-14-6-2-1-3-7-14/h1-9,17-18,28H,10-13H2,(H,22,26)(H,24,25)/t17-,18?/m0/s1. The van der Waals surface area contributed by atoms with Crippen LogP contribution in [0.1, 0.15) is 16.7 Å². The molecule has 7 heteroatoms. The smallest absolute Gasteiger partial charge is 0.323 e. The summed E-state index contributed by atoms with van der Waals surface area (Å²) in [6.07, 6.45) is 0.759. The van der Waals surface area contributed by atoms with Gasteiger partial charge in [-0.1, -0.05) is 54.6 Å². The Kier molecular flexibility index (Phi) is 6.36. The molecule has 2 atom stereocenters. The minimum atomic E-state index is -1.09. The van der Waals surface area contributed by atoms with Gasteiger partial charge in [0.2, 0.25) is 11.8 Å². The van der Waals surface area contributed by atoms with Gasteiger partial charge in [-0.2, -0.15) is 12.6 Å². The van der Waals surface area contributed by atoms with Gasteiger partial charge < -0.3 is 15.3 Å². The lowest BCUT2D eigenvalue weighted by Gasteiger charge is -2.24. The fourth-order valence-electron chi connectivity index (χ4n) is 3.33. The number of carboxylic acids is 1. The first-order valence-electron chi connectivity index (χ1n) is 9.04. The summed E-state index contributed by atoms with van der Waals surface area (Å²) < 4.78 is 0. The van der Waals surface area contributed by atoms with Crippen molar-refractivity contribution >= 4 is 30.4 Å². The van der Waals surface area contributed by atoms with Crippen LogP contribution in [0.15, 0.2) is 54.6 Å². The number of amides is 2. The SMILES string of the molecule is O=C(O)CN1Cc2ccccc2C[C@H](NC(=O)C(S)Cc2ccccc2)C1=O. The minimum Gasteiger partial charge on any atom is -0.480 e. The van der Waals surface area contributed by atoms with E-state index in [1.165, 1.54) is 4.90 Å². The maximum Gasteiger partial charge on any atom is 0.323 e. The number of hydrogen-bond donors (Lipinski definition) is 3. The Morgan fingerprint density at radius 2 is 1.75 bits per heavy atom. The molecule has 0 saturated carbocycles. The second-order valence-corrected chi connectivity index (χ2v) is 7.45. The molecule has 3 rings (SSSR count). The Hall–Kier alpha value is -2.80. The van der Waals surface area contributed by atoms with Gasteiger partial charge in [0.1, 0.15) is 12.6 Å². The van der Waals surface area contributed by atoms with Crippen LogP contribution < -0.4 is 5.32 Å². The number of rotatable bonds is 6. The molecule has 0 aromatic heterocycles. The Labute approximate surface area is 169 Å². The topological polar surface area (TPSA) is 86.7 Å². The second-order valence-electron chi connectivity index (χ2n) is 6.83. The summed E-state index contributed by atoms with van der Waals surface area (Å²) in [7, 11) is 0. The highest BCUT2D eigenvalue weighted by atomic mass is 32.1. The van der Waals surface area contributed by atoms with Crippen LogP contribution in [-0.2, 0) is 33.8 Å². The highest BCUT2D eigenvalue weighted by Crippen LogP contribution is 2.20. The lowest BCUT2D eigenvalue weighted by atomic mass is 10.0. The van der Waals surface area contributed by atoms with Gasteiger partial charge in [-0.25, -0.2) is 0 Å². The molecule has 2 amide bonds. The quantitative estimate of drug-likeness (QED) is 0.646. The van der Waals surface area contributed by atoms with Gasteiger partial charge in [-0.15, -0.1) is 0 Å². The van der Waals surface area contributed by atoms with Crippen LogP contribution in [0, 0.1) is 0 Å². The number of aliphatic carboxylic acids is 1. The third kappa shape index (κ3) is 4.92. The summed E-state index contributed by atoms with van der Waals surface area (Å²) >= 11 is 4.39. The molecule has 6 nitrogen and oxygen atoms in total. The van der Waals surface area contributed by atoms with Gasteiger partial charge in [0.15, 0.2) is 0 Å². The average Bonchev–Trinajstić information content (AvgIpc) is 2.79. The third-order valence-corrected chi connectivity index (χ3v) is 5.15. The highest BCUT2D eigenvalue weighted by Gasteiger charge is 2.32. The number of thiol groups is 1. The summed E-state index contributed by atoms with van der Waals surface area (Å²) in [6.45, 7) is -0.199. The molecular formula is C21H22N2O4S. The normalized spacial score (nSPS) is 17.4. The van der Waals surface area contributed by atoms with E-state index in [2.05, 4.69) is 17.9 Å². The number of hydrogen-bond acceptors (Lipinski definition) is 4. The van der Waals surface area contributed by atoms with Crippen molar-refractivity contribution in [3.05, 3.63) is 71.3 Å². The van der Waals surface area contributed by atoms with Crippen LogP contribution >= 0.6 is 12.6 Å². The minimum absolute atomic E-state index is 0.210. The van der Waals surface area contributed by atoms with E-state index in [9.17, 15) is 14.4 Å².